The van der Waals surface area contributed by atoms with Crippen molar-refractivity contribution in [2.24, 2.45) is 23.2 Å². The molecule has 2 nitrogen and oxygen atoms in total. The maximum Gasteiger partial charge on any atom is 0.115 e. The summed E-state index contributed by atoms with van der Waals surface area (Å²) in [4.78, 5) is 0. The number of benzene rings is 1. The Bertz CT molecular complexity index is 596. The molecular formula is C21H30O2. The average molecular weight is 314 g/mol. The van der Waals surface area contributed by atoms with Crippen molar-refractivity contribution >= 4 is 0 Å². The maximum absolute atomic E-state index is 10.6. The first-order valence-corrected chi connectivity index (χ1v) is 9.54. The fourth-order valence-corrected chi connectivity index (χ4v) is 6.40. The lowest BCUT2D eigenvalue weighted by atomic mass is 9.52. The van der Waals surface area contributed by atoms with E-state index < -0.39 is 0 Å². The van der Waals surface area contributed by atoms with Crippen LogP contribution in [0, 0.1) is 23.2 Å². The van der Waals surface area contributed by atoms with Gasteiger partial charge in [0.2, 0.25) is 0 Å². The van der Waals surface area contributed by atoms with Crippen LogP contribution < -0.4 is 0 Å². The Balaban J connectivity index is 1.76. The zero-order valence-electron chi connectivity index (χ0n) is 14.5. The first kappa shape index (κ1) is 15.5. The number of aromatic hydroxyl groups is 1. The van der Waals surface area contributed by atoms with Crippen LogP contribution >= 0.6 is 0 Å². The van der Waals surface area contributed by atoms with Gasteiger partial charge >= 0.3 is 0 Å². The predicted molar refractivity (Wildman–Crippen MR) is 92.5 cm³/mol. The molecule has 0 saturated heterocycles. The van der Waals surface area contributed by atoms with E-state index in [0.29, 0.717) is 23.5 Å². The summed E-state index contributed by atoms with van der Waals surface area (Å²) in [5, 5.41) is 20.5. The Morgan fingerprint density at radius 3 is 2.83 bits per heavy atom. The van der Waals surface area contributed by atoms with Crippen molar-refractivity contribution in [3.05, 3.63) is 29.3 Å². The molecule has 0 spiro atoms. The van der Waals surface area contributed by atoms with Crippen molar-refractivity contribution < 1.29 is 10.2 Å². The topological polar surface area (TPSA) is 40.5 Å². The molecular weight excluding hydrogens is 284 g/mol. The number of fused-ring (bicyclic) bond motifs is 5. The first-order chi connectivity index (χ1) is 11.0. The molecule has 3 aliphatic carbocycles. The highest BCUT2D eigenvalue weighted by atomic mass is 16.3. The number of hydrogen-bond donors (Lipinski definition) is 2. The Labute approximate surface area is 139 Å². The molecule has 2 saturated carbocycles. The van der Waals surface area contributed by atoms with Crippen LogP contribution in [0.15, 0.2) is 18.2 Å². The lowest BCUT2D eigenvalue weighted by molar-refractivity contribution is -0.0394. The Hall–Kier alpha value is -1.02. The first-order valence-electron chi connectivity index (χ1n) is 9.54. The van der Waals surface area contributed by atoms with Crippen LogP contribution in [-0.4, -0.2) is 16.3 Å². The van der Waals surface area contributed by atoms with Gasteiger partial charge in [0, 0.05) is 0 Å². The monoisotopic (exact) mass is 314 g/mol. The lowest BCUT2D eigenvalue weighted by Gasteiger charge is -2.53. The Morgan fingerprint density at radius 1 is 1.22 bits per heavy atom. The minimum absolute atomic E-state index is 0.100. The van der Waals surface area contributed by atoms with Gasteiger partial charge in [0.15, 0.2) is 0 Å². The van der Waals surface area contributed by atoms with Crippen LogP contribution in [0.2, 0.25) is 0 Å². The quantitative estimate of drug-likeness (QED) is 0.835. The number of phenolic OH excluding ortho intramolecular Hbond substituents is 1. The van der Waals surface area contributed by atoms with Gasteiger partial charge in [-0.2, -0.15) is 0 Å². The molecule has 0 heterocycles. The van der Waals surface area contributed by atoms with E-state index in [1.807, 2.05) is 12.1 Å². The Morgan fingerprint density at radius 2 is 2.04 bits per heavy atom. The molecule has 6 unspecified atom stereocenters. The highest BCUT2D eigenvalue weighted by molar-refractivity contribution is 5.40. The highest BCUT2D eigenvalue weighted by Crippen LogP contribution is 2.62. The zero-order valence-corrected chi connectivity index (χ0v) is 14.5. The number of aliphatic hydroxyl groups excluding tert-OH is 1. The van der Waals surface area contributed by atoms with Gasteiger partial charge in [0.1, 0.15) is 5.75 Å². The molecule has 126 valence electrons. The molecule has 0 aromatic heterocycles. The van der Waals surface area contributed by atoms with Crippen molar-refractivity contribution in [3.8, 4) is 5.75 Å². The molecule has 23 heavy (non-hydrogen) atoms. The molecule has 6 atom stereocenters. The van der Waals surface area contributed by atoms with Gasteiger partial charge in [-0.25, -0.2) is 0 Å². The van der Waals surface area contributed by atoms with Crippen LogP contribution in [0.1, 0.15) is 69.4 Å². The predicted octanol–water partition coefficient (Wildman–Crippen LogP) is 4.64. The molecule has 0 bridgehead atoms. The second-order valence-corrected chi connectivity index (χ2v) is 8.56. The van der Waals surface area contributed by atoms with E-state index in [0.717, 1.165) is 25.2 Å². The molecule has 2 heteroatoms. The molecule has 0 radical (unpaired) electrons. The molecule has 2 fully saturated rings. The second kappa shape index (κ2) is 5.51. The molecule has 2 N–H and O–H groups in total. The van der Waals surface area contributed by atoms with E-state index >= 15 is 0 Å². The van der Waals surface area contributed by atoms with Gasteiger partial charge in [0.25, 0.3) is 0 Å². The molecule has 0 amide bonds. The molecule has 1 aromatic rings. The maximum atomic E-state index is 10.6. The average Bonchev–Trinajstić information content (AvgIpc) is 2.83. The smallest absolute Gasteiger partial charge is 0.115 e. The van der Waals surface area contributed by atoms with Crippen LogP contribution in [0.4, 0.5) is 0 Å². The van der Waals surface area contributed by atoms with E-state index in [9.17, 15) is 10.2 Å². The van der Waals surface area contributed by atoms with E-state index in [4.69, 9.17) is 0 Å². The van der Waals surface area contributed by atoms with E-state index in [-0.39, 0.29) is 11.5 Å². The number of rotatable bonds is 2. The molecule has 1 aromatic carbocycles. The normalized spacial score (nSPS) is 42.0. The largest absolute Gasteiger partial charge is 0.508 e. The number of hydrogen-bond acceptors (Lipinski definition) is 2. The van der Waals surface area contributed by atoms with E-state index in [2.05, 4.69) is 19.9 Å². The summed E-state index contributed by atoms with van der Waals surface area (Å²) in [5.74, 6) is 3.17. The van der Waals surface area contributed by atoms with Crippen LogP contribution in [0.5, 0.6) is 5.75 Å². The third-order valence-corrected chi connectivity index (χ3v) is 7.49. The van der Waals surface area contributed by atoms with Gasteiger partial charge in [0.05, 0.1) is 6.10 Å². The van der Waals surface area contributed by atoms with Gasteiger partial charge in [-0.05, 0) is 84.5 Å². The van der Waals surface area contributed by atoms with Crippen molar-refractivity contribution in [1.29, 1.82) is 0 Å². The van der Waals surface area contributed by atoms with E-state index in [1.165, 1.54) is 36.8 Å². The summed E-state index contributed by atoms with van der Waals surface area (Å²) >= 11 is 0. The number of phenols is 1. The minimum Gasteiger partial charge on any atom is -0.508 e. The molecule has 4 rings (SSSR count). The fourth-order valence-electron chi connectivity index (χ4n) is 6.40. The van der Waals surface area contributed by atoms with Gasteiger partial charge in [-0.1, -0.05) is 32.8 Å². The van der Waals surface area contributed by atoms with Crippen molar-refractivity contribution in [2.75, 3.05) is 0 Å². The van der Waals surface area contributed by atoms with E-state index in [1.54, 1.807) is 0 Å². The van der Waals surface area contributed by atoms with Gasteiger partial charge in [-0.3, -0.25) is 0 Å². The minimum atomic E-state index is -0.100. The second-order valence-electron chi connectivity index (χ2n) is 8.56. The summed E-state index contributed by atoms with van der Waals surface area (Å²) in [6, 6.07) is 6.05. The molecule has 0 aliphatic heterocycles. The third kappa shape index (κ3) is 2.25. The summed E-state index contributed by atoms with van der Waals surface area (Å²) in [6.07, 6.45) is 8.07. The SMILES string of the molecule is CCCC1Cc2cc(O)ccc2C2CCC3(C)C(O)CCC3C12. The standard InChI is InChI=1S/C21H30O2/c1-3-4-13-11-14-12-15(22)5-6-16(14)17-9-10-21(2)18(20(13)17)7-8-19(21)23/h5-6,12-13,17-20,22-23H,3-4,7-11H2,1-2H3. The fraction of sp³-hybridized carbons (Fsp3) is 0.714. The summed E-state index contributed by atoms with van der Waals surface area (Å²) in [5.41, 5.74) is 3.01. The van der Waals surface area contributed by atoms with Crippen molar-refractivity contribution in [2.45, 2.75) is 70.8 Å². The van der Waals surface area contributed by atoms with Gasteiger partial charge < -0.3 is 10.2 Å². The number of aliphatic hydroxyl groups is 1. The zero-order chi connectivity index (χ0) is 16.2. The molecule has 3 aliphatic rings. The van der Waals surface area contributed by atoms with Gasteiger partial charge in [-0.15, -0.1) is 0 Å². The highest BCUT2D eigenvalue weighted by Gasteiger charge is 2.56. The van der Waals surface area contributed by atoms with Crippen molar-refractivity contribution in [1.82, 2.24) is 0 Å². The van der Waals surface area contributed by atoms with Crippen LogP contribution in [0.25, 0.3) is 0 Å². The summed E-state index contributed by atoms with van der Waals surface area (Å²) in [7, 11) is 0. The lowest BCUT2D eigenvalue weighted by Crippen LogP contribution is -2.47. The summed E-state index contributed by atoms with van der Waals surface area (Å²) in [6.45, 7) is 4.64. The van der Waals surface area contributed by atoms with Crippen LogP contribution in [0.3, 0.4) is 0 Å². The van der Waals surface area contributed by atoms with Crippen molar-refractivity contribution in [3.63, 3.8) is 0 Å². The third-order valence-electron chi connectivity index (χ3n) is 7.49. The Kier molecular flexibility index (Phi) is 3.72. The van der Waals surface area contributed by atoms with Crippen LogP contribution in [-0.2, 0) is 6.42 Å². The summed E-state index contributed by atoms with van der Waals surface area (Å²) < 4.78 is 0.